The Morgan fingerprint density at radius 2 is 1.61 bits per heavy atom. The second-order valence-electron chi connectivity index (χ2n) is 8.31. The number of Topliss-reactive ketones (excluding diaryl/α,β-unsaturated/α-hetero) is 1. The second-order valence-corrected chi connectivity index (χ2v) is 8.31. The Bertz CT molecular complexity index is 1310. The van der Waals surface area contributed by atoms with Crippen LogP contribution in [0.3, 0.4) is 0 Å². The quantitative estimate of drug-likeness (QED) is 0.259. The molecule has 1 fully saturated rings. The number of hydrogen-bond donors (Lipinski definition) is 1. The summed E-state index contributed by atoms with van der Waals surface area (Å²) in [6, 6.07) is 18.5. The van der Waals surface area contributed by atoms with Crippen molar-refractivity contribution >= 4 is 23.1 Å². The minimum absolute atomic E-state index is 0.0218. The highest BCUT2D eigenvalue weighted by molar-refractivity contribution is 6.51. The van der Waals surface area contributed by atoms with Gasteiger partial charge in [-0.3, -0.25) is 14.5 Å². The van der Waals surface area contributed by atoms with E-state index >= 15 is 0 Å². The van der Waals surface area contributed by atoms with Crippen LogP contribution in [-0.2, 0) is 9.59 Å². The number of hydrogen-bond acceptors (Lipinski definition) is 6. The van der Waals surface area contributed by atoms with Crippen LogP contribution in [-0.4, -0.2) is 37.1 Å². The molecule has 7 heteroatoms. The van der Waals surface area contributed by atoms with Crippen LogP contribution in [0.4, 0.5) is 5.69 Å². The zero-order valence-electron chi connectivity index (χ0n) is 20.8. The third kappa shape index (κ3) is 4.64. The Kier molecular flexibility index (Phi) is 7.29. The largest absolute Gasteiger partial charge is 0.507 e. The minimum atomic E-state index is -0.881. The third-order valence-electron chi connectivity index (χ3n) is 5.97. The number of ether oxygens (including phenoxy) is 3. The molecule has 4 rings (SSSR count). The van der Waals surface area contributed by atoms with Crippen LogP contribution in [0.25, 0.3) is 5.76 Å². The van der Waals surface area contributed by atoms with Crippen LogP contribution in [0.1, 0.15) is 36.6 Å². The molecule has 1 aliphatic heterocycles. The first-order valence-electron chi connectivity index (χ1n) is 11.8. The molecule has 36 heavy (non-hydrogen) atoms. The lowest BCUT2D eigenvalue weighted by Crippen LogP contribution is -2.29. The SMILES string of the molecule is CCOc1ccc(N2C(=O)C(=O)/C(=C(/O)c3cc(C)ccc3OC)C2c2cccc(OCC)c2)cc1. The molecule has 1 N–H and O–H groups in total. The van der Waals surface area contributed by atoms with Crippen molar-refractivity contribution in [3.63, 3.8) is 0 Å². The molecule has 0 spiro atoms. The molecule has 0 aromatic heterocycles. The summed E-state index contributed by atoms with van der Waals surface area (Å²) in [6.45, 7) is 6.60. The topological polar surface area (TPSA) is 85.3 Å². The van der Waals surface area contributed by atoms with Gasteiger partial charge in [-0.05, 0) is 74.9 Å². The van der Waals surface area contributed by atoms with E-state index in [4.69, 9.17) is 14.2 Å². The van der Waals surface area contributed by atoms with E-state index in [-0.39, 0.29) is 11.3 Å². The van der Waals surface area contributed by atoms with E-state index in [1.165, 1.54) is 12.0 Å². The fourth-order valence-electron chi connectivity index (χ4n) is 4.38. The van der Waals surface area contributed by atoms with E-state index < -0.39 is 17.7 Å². The van der Waals surface area contributed by atoms with Crippen molar-refractivity contribution in [2.75, 3.05) is 25.2 Å². The smallest absolute Gasteiger partial charge is 0.300 e. The summed E-state index contributed by atoms with van der Waals surface area (Å²) in [7, 11) is 1.49. The molecular formula is C29H29NO6. The van der Waals surface area contributed by atoms with Crippen molar-refractivity contribution < 1.29 is 28.9 Å². The summed E-state index contributed by atoms with van der Waals surface area (Å²) in [4.78, 5) is 28.3. The number of anilines is 1. The number of amides is 1. The van der Waals surface area contributed by atoms with Crippen LogP contribution < -0.4 is 19.1 Å². The standard InChI is InChI=1S/C29H29NO6/c1-5-35-21-13-11-20(12-14-21)30-26(19-8-7-9-22(17-19)36-6-2)25(28(32)29(30)33)27(31)23-16-18(3)10-15-24(23)34-4/h7-17,26,31H,5-6H2,1-4H3/b27-25+. The molecule has 3 aromatic carbocycles. The molecule has 0 aliphatic carbocycles. The molecular weight excluding hydrogens is 458 g/mol. The summed E-state index contributed by atoms with van der Waals surface area (Å²) in [5.74, 6) is -0.171. The van der Waals surface area contributed by atoms with Gasteiger partial charge in [0.15, 0.2) is 0 Å². The maximum atomic E-state index is 13.4. The van der Waals surface area contributed by atoms with E-state index in [2.05, 4.69) is 0 Å². The molecule has 1 saturated heterocycles. The highest BCUT2D eigenvalue weighted by atomic mass is 16.5. The van der Waals surface area contributed by atoms with Crippen molar-refractivity contribution in [1.82, 2.24) is 0 Å². The van der Waals surface area contributed by atoms with E-state index in [1.54, 1.807) is 60.7 Å². The number of aliphatic hydroxyl groups is 1. The Balaban J connectivity index is 1.94. The number of ketones is 1. The lowest BCUT2D eigenvalue weighted by atomic mass is 9.94. The van der Waals surface area contributed by atoms with Crippen molar-refractivity contribution in [2.45, 2.75) is 26.8 Å². The van der Waals surface area contributed by atoms with Crippen molar-refractivity contribution in [2.24, 2.45) is 0 Å². The number of benzene rings is 3. The number of aryl methyl sites for hydroxylation is 1. The Morgan fingerprint density at radius 3 is 2.28 bits per heavy atom. The van der Waals surface area contributed by atoms with Gasteiger partial charge in [0.1, 0.15) is 23.0 Å². The Morgan fingerprint density at radius 1 is 0.917 bits per heavy atom. The first-order valence-corrected chi connectivity index (χ1v) is 11.8. The zero-order chi connectivity index (χ0) is 25.8. The van der Waals surface area contributed by atoms with Gasteiger partial charge in [-0.1, -0.05) is 23.8 Å². The van der Waals surface area contributed by atoms with Crippen LogP contribution in [0.15, 0.2) is 72.3 Å². The zero-order valence-corrected chi connectivity index (χ0v) is 20.8. The molecule has 1 amide bonds. The number of nitrogens with zero attached hydrogens (tertiary/aromatic N) is 1. The summed E-state index contributed by atoms with van der Waals surface area (Å²) in [5, 5.41) is 11.5. The van der Waals surface area contributed by atoms with Gasteiger partial charge < -0.3 is 19.3 Å². The summed E-state index contributed by atoms with van der Waals surface area (Å²) < 4.78 is 16.6. The Hall–Kier alpha value is -4.26. The summed E-state index contributed by atoms with van der Waals surface area (Å²) in [5.41, 5.74) is 2.32. The van der Waals surface area contributed by atoms with Crippen LogP contribution in [0.5, 0.6) is 17.2 Å². The molecule has 1 aliphatic rings. The van der Waals surface area contributed by atoms with Crippen molar-refractivity contribution in [3.8, 4) is 17.2 Å². The van der Waals surface area contributed by atoms with Gasteiger partial charge in [0.2, 0.25) is 0 Å². The van der Waals surface area contributed by atoms with Crippen LogP contribution in [0.2, 0.25) is 0 Å². The molecule has 1 atom stereocenters. The molecule has 7 nitrogen and oxygen atoms in total. The highest BCUT2D eigenvalue weighted by Crippen LogP contribution is 2.44. The van der Waals surface area contributed by atoms with Gasteiger partial charge in [-0.25, -0.2) is 0 Å². The highest BCUT2D eigenvalue weighted by Gasteiger charge is 2.47. The predicted octanol–water partition coefficient (Wildman–Crippen LogP) is 5.43. The number of rotatable bonds is 8. The first kappa shape index (κ1) is 24.9. The lowest BCUT2D eigenvalue weighted by molar-refractivity contribution is -0.132. The first-order chi connectivity index (χ1) is 17.4. The fraction of sp³-hybridized carbons (Fsp3) is 0.241. The maximum Gasteiger partial charge on any atom is 0.300 e. The number of carbonyl (C=O) groups excluding carboxylic acids is 2. The second kappa shape index (κ2) is 10.6. The molecule has 3 aromatic rings. The van der Waals surface area contributed by atoms with E-state index in [9.17, 15) is 14.7 Å². The third-order valence-corrected chi connectivity index (χ3v) is 5.97. The molecule has 0 radical (unpaired) electrons. The van der Waals surface area contributed by atoms with Gasteiger partial charge in [0.25, 0.3) is 11.7 Å². The number of carbonyl (C=O) groups is 2. The lowest BCUT2D eigenvalue weighted by Gasteiger charge is -2.26. The molecule has 0 saturated carbocycles. The van der Waals surface area contributed by atoms with Crippen LogP contribution >= 0.6 is 0 Å². The molecule has 1 unspecified atom stereocenters. The fourth-order valence-corrected chi connectivity index (χ4v) is 4.38. The minimum Gasteiger partial charge on any atom is -0.507 e. The molecule has 1 heterocycles. The van der Waals surface area contributed by atoms with E-state index in [0.717, 1.165) is 5.56 Å². The van der Waals surface area contributed by atoms with Gasteiger partial charge in [0.05, 0.1) is 37.5 Å². The van der Waals surface area contributed by atoms with Gasteiger partial charge in [-0.15, -0.1) is 0 Å². The van der Waals surface area contributed by atoms with E-state index in [0.29, 0.717) is 47.3 Å². The van der Waals surface area contributed by atoms with Crippen molar-refractivity contribution in [1.29, 1.82) is 0 Å². The predicted molar refractivity (Wildman–Crippen MR) is 138 cm³/mol. The normalized spacial score (nSPS) is 16.8. The monoisotopic (exact) mass is 487 g/mol. The van der Waals surface area contributed by atoms with Gasteiger partial charge >= 0.3 is 0 Å². The summed E-state index contributed by atoms with van der Waals surface area (Å²) >= 11 is 0. The van der Waals surface area contributed by atoms with Crippen molar-refractivity contribution in [3.05, 3.63) is 89.0 Å². The van der Waals surface area contributed by atoms with Gasteiger partial charge in [0, 0.05) is 5.69 Å². The molecule has 0 bridgehead atoms. The van der Waals surface area contributed by atoms with Gasteiger partial charge in [-0.2, -0.15) is 0 Å². The number of aliphatic hydroxyl groups excluding tert-OH is 1. The molecule has 186 valence electrons. The summed E-state index contributed by atoms with van der Waals surface area (Å²) in [6.07, 6.45) is 0. The van der Waals surface area contributed by atoms with E-state index in [1.807, 2.05) is 26.8 Å². The number of methoxy groups -OCH3 is 1. The van der Waals surface area contributed by atoms with Crippen LogP contribution in [0, 0.1) is 6.92 Å². The average molecular weight is 488 g/mol. The maximum absolute atomic E-state index is 13.4. The Labute approximate surface area is 210 Å². The average Bonchev–Trinajstić information content (AvgIpc) is 3.15.